The van der Waals surface area contributed by atoms with Crippen LogP contribution >= 0.6 is 0 Å². The number of carbonyl (C=O) groups excluding carboxylic acids is 2. The zero-order valence-electron chi connectivity index (χ0n) is 11.3. The number of amides is 2. The summed E-state index contributed by atoms with van der Waals surface area (Å²) in [5, 5.41) is 3.15. The highest BCUT2D eigenvalue weighted by Crippen LogP contribution is 2.23. The molecule has 2 unspecified atom stereocenters. The Kier molecular flexibility index (Phi) is 4.22. The van der Waals surface area contributed by atoms with Crippen LogP contribution < -0.4 is 5.32 Å². The minimum absolute atomic E-state index is 0.122. The van der Waals surface area contributed by atoms with E-state index >= 15 is 0 Å². The van der Waals surface area contributed by atoms with Crippen molar-refractivity contribution in [1.82, 2.24) is 15.1 Å². The molecule has 0 saturated carbocycles. The Morgan fingerprint density at radius 1 is 1.39 bits per heavy atom. The van der Waals surface area contributed by atoms with E-state index in [1.807, 2.05) is 7.05 Å². The summed E-state index contributed by atoms with van der Waals surface area (Å²) in [5.74, 6) is 0.272. The Morgan fingerprint density at radius 2 is 2.17 bits per heavy atom. The van der Waals surface area contributed by atoms with Gasteiger partial charge in [0.1, 0.15) is 6.04 Å². The van der Waals surface area contributed by atoms with Gasteiger partial charge in [0.2, 0.25) is 11.8 Å². The van der Waals surface area contributed by atoms with Crippen molar-refractivity contribution in [2.45, 2.75) is 44.7 Å². The lowest BCUT2D eigenvalue weighted by Gasteiger charge is -2.43. The molecule has 102 valence electrons. The molecule has 2 fully saturated rings. The van der Waals surface area contributed by atoms with Crippen molar-refractivity contribution in [1.29, 1.82) is 0 Å². The zero-order valence-corrected chi connectivity index (χ0v) is 11.3. The van der Waals surface area contributed by atoms with Gasteiger partial charge in [0, 0.05) is 19.1 Å². The lowest BCUT2D eigenvalue weighted by Crippen LogP contribution is -2.61. The fourth-order valence-electron chi connectivity index (χ4n) is 2.71. The molecule has 18 heavy (non-hydrogen) atoms. The fourth-order valence-corrected chi connectivity index (χ4v) is 2.71. The van der Waals surface area contributed by atoms with Gasteiger partial charge in [-0.05, 0) is 39.7 Å². The summed E-state index contributed by atoms with van der Waals surface area (Å²) in [4.78, 5) is 27.9. The van der Waals surface area contributed by atoms with Crippen LogP contribution in [-0.2, 0) is 9.59 Å². The number of rotatable bonds is 4. The Morgan fingerprint density at radius 3 is 2.89 bits per heavy atom. The number of hydrogen-bond donors (Lipinski definition) is 1. The fraction of sp³-hybridized carbons (Fsp3) is 0.846. The second kappa shape index (κ2) is 5.69. The molecule has 0 spiro atoms. The molecule has 2 saturated heterocycles. The first-order valence-corrected chi connectivity index (χ1v) is 6.89. The average molecular weight is 253 g/mol. The number of piperazine rings is 1. The monoisotopic (exact) mass is 253 g/mol. The topological polar surface area (TPSA) is 52.7 Å². The molecule has 2 amide bonds. The molecule has 2 atom stereocenters. The molecular weight excluding hydrogens is 230 g/mol. The third-order valence-electron chi connectivity index (χ3n) is 4.07. The quantitative estimate of drug-likeness (QED) is 0.779. The van der Waals surface area contributed by atoms with Gasteiger partial charge < -0.3 is 15.1 Å². The average Bonchev–Trinajstić information content (AvgIpc) is 2.41. The van der Waals surface area contributed by atoms with Crippen LogP contribution in [-0.4, -0.2) is 60.4 Å². The SMILES string of the molecule is CNC(C)CCN1CC(=O)N2CCCCC2C1=O. The van der Waals surface area contributed by atoms with Crippen LogP contribution in [0.1, 0.15) is 32.6 Å². The molecule has 5 heteroatoms. The van der Waals surface area contributed by atoms with E-state index in [1.54, 1.807) is 9.80 Å². The number of carbonyl (C=O) groups is 2. The third-order valence-corrected chi connectivity index (χ3v) is 4.07. The van der Waals surface area contributed by atoms with Crippen molar-refractivity contribution in [3.8, 4) is 0 Å². The predicted octanol–water partition coefficient (Wildman–Crippen LogP) is 0.208. The summed E-state index contributed by atoms with van der Waals surface area (Å²) >= 11 is 0. The van der Waals surface area contributed by atoms with E-state index in [0.29, 0.717) is 12.6 Å². The van der Waals surface area contributed by atoms with Crippen LogP contribution in [0.3, 0.4) is 0 Å². The van der Waals surface area contributed by atoms with Crippen LogP contribution in [0.2, 0.25) is 0 Å². The Labute approximate surface area is 108 Å². The summed E-state index contributed by atoms with van der Waals surface area (Å²) in [5.41, 5.74) is 0. The van der Waals surface area contributed by atoms with Crippen molar-refractivity contribution >= 4 is 11.8 Å². The number of piperidine rings is 1. The van der Waals surface area contributed by atoms with E-state index in [1.165, 1.54) is 0 Å². The molecular formula is C13H23N3O2. The molecule has 1 N–H and O–H groups in total. The third kappa shape index (κ3) is 2.66. The number of nitrogens with one attached hydrogen (secondary N) is 1. The maximum Gasteiger partial charge on any atom is 0.245 e. The predicted molar refractivity (Wildman–Crippen MR) is 69.1 cm³/mol. The van der Waals surface area contributed by atoms with E-state index in [-0.39, 0.29) is 24.4 Å². The van der Waals surface area contributed by atoms with Crippen molar-refractivity contribution in [2.75, 3.05) is 26.7 Å². The van der Waals surface area contributed by atoms with E-state index in [2.05, 4.69) is 12.2 Å². The maximum absolute atomic E-state index is 12.3. The van der Waals surface area contributed by atoms with Crippen LogP contribution in [0.4, 0.5) is 0 Å². The Hall–Kier alpha value is -1.10. The second-order valence-electron chi connectivity index (χ2n) is 5.34. The molecule has 2 aliphatic heterocycles. The minimum Gasteiger partial charge on any atom is -0.332 e. The summed E-state index contributed by atoms with van der Waals surface area (Å²) in [6.45, 7) is 3.79. The van der Waals surface area contributed by atoms with Crippen LogP contribution in [0.25, 0.3) is 0 Å². The van der Waals surface area contributed by atoms with Crippen LogP contribution in [0.15, 0.2) is 0 Å². The molecule has 2 aliphatic rings. The van der Waals surface area contributed by atoms with Gasteiger partial charge in [-0.2, -0.15) is 0 Å². The van der Waals surface area contributed by atoms with E-state index < -0.39 is 0 Å². The molecule has 0 aromatic heterocycles. The molecule has 0 radical (unpaired) electrons. The normalized spacial score (nSPS) is 26.2. The largest absolute Gasteiger partial charge is 0.332 e. The van der Waals surface area contributed by atoms with Gasteiger partial charge in [-0.3, -0.25) is 9.59 Å². The molecule has 0 bridgehead atoms. The second-order valence-corrected chi connectivity index (χ2v) is 5.34. The zero-order chi connectivity index (χ0) is 13.1. The van der Waals surface area contributed by atoms with E-state index in [0.717, 1.165) is 32.2 Å². The highest BCUT2D eigenvalue weighted by Gasteiger charge is 2.39. The standard InChI is InChI=1S/C13H23N3O2/c1-10(14-2)6-8-15-9-12(17)16-7-4-3-5-11(16)13(15)18/h10-11,14H,3-9H2,1-2H3. The summed E-state index contributed by atoms with van der Waals surface area (Å²) in [6, 6.07) is 0.196. The van der Waals surface area contributed by atoms with Gasteiger partial charge in [0.25, 0.3) is 0 Å². The number of nitrogens with zero attached hydrogens (tertiary/aromatic N) is 2. The number of fused-ring (bicyclic) bond motifs is 1. The van der Waals surface area contributed by atoms with Gasteiger partial charge in [-0.25, -0.2) is 0 Å². The Bertz CT molecular complexity index is 332. The smallest absolute Gasteiger partial charge is 0.245 e. The maximum atomic E-state index is 12.3. The van der Waals surface area contributed by atoms with Crippen molar-refractivity contribution in [3.05, 3.63) is 0 Å². The first kappa shape index (κ1) is 13.3. The van der Waals surface area contributed by atoms with Crippen molar-refractivity contribution in [2.24, 2.45) is 0 Å². The molecule has 0 aromatic carbocycles. The summed E-state index contributed by atoms with van der Waals surface area (Å²) in [7, 11) is 1.91. The molecule has 2 rings (SSSR count). The number of hydrogen-bond acceptors (Lipinski definition) is 3. The first-order valence-electron chi connectivity index (χ1n) is 6.89. The highest BCUT2D eigenvalue weighted by molar-refractivity contribution is 5.95. The van der Waals surface area contributed by atoms with Gasteiger partial charge >= 0.3 is 0 Å². The van der Waals surface area contributed by atoms with Gasteiger partial charge in [0.05, 0.1) is 6.54 Å². The van der Waals surface area contributed by atoms with Gasteiger partial charge in [-0.15, -0.1) is 0 Å². The van der Waals surface area contributed by atoms with E-state index in [4.69, 9.17) is 0 Å². The van der Waals surface area contributed by atoms with Gasteiger partial charge in [-0.1, -0.05) is 0 Å². The Balaban J connectivity index is 1.96. The van der Waals surface area contributed by atoms with Crippen LogP contribution in [0.5, 0.6) is 0 Å². The molecule has 0 aliphatic carbocycles. The lowest BCUT2D eigenvalue weighted by molar-refractivity contribution is -0.157. The molecule has 0 aromatic rings. The first-order chi connectivity index (χ1) is 8.63. The summed E-state index contributed by atoms with van der Waals surface area (Å²) < 4.78 is 0. The lowest BCUT2D eigenvalue weighted by atomic mass is 9.98. The van der Waals surface area contributed by atoms with Crippen LogP contribution in [0, 0.1) is 0 Å². The van der Waals surface area contributed by atoms with Crippen molar-refractivity contribution < 1.29 is 9.59 Å². The molecule has 5 nitrogen and oxygen atoms in total. The summed E-state index contributed by atoms with van der Waals surface area (Å²) in [6.07, 6.45) is 3.82. The minimum atomic E-state index is -0.176. The highest BCUT2D eigenvalue weighted by atomic mass is 16.2. The van der Waals surface area contributed by atoms with E-state index in [9.17, 15) is 9.59 Å². The van der Waals surface area contributed by atoms with Crippen molar-refractivity contribution in [3.63, 3.8) is 0 Å². The van der Waals surface area contributed by atoms with Gasteiger partial charge in [0.15, 0.2) is 0 Å². The molecule has 2 heterocycles.